The van der Waals surface area contributed by atoms with Gasteiger partial charge in [-0.3, -0.25) is 67.4 Å². The van der Waals surface area contributed by atoms with E-state index in [4.69, 9.17) is 59.6 Å². The number of aromatic nitrogens is 20. The Morgan fingerprint density at radius 1 is 0.327 bits per heavy atom. The van der Waals surface area contributed by atoms with Crippen LogP contribution in [0.25, 0.3) is 126 Å². The van der Waals surface area contributed by atoms with Crippen molar-refractivity contribution >= 4 is 89.9 Å². The van der Waals surface area contributed by atoms with Gasteiger partial charge in [0.05, 0.1) is 149 Å². The van der Waals surface area contributed by atoms with E-state index in [1.165, 1.54) is 18.6 Å². The summed E-state index contributed by atoms with van der Waals surface area (Å²) >= 11 is 0. The van der Waals surface area contributed by atoms with Crippen molar-refractivity contribution < 1.29 is 14.2 Å². The van der Waals surface area contributed by atoms with Crippen LogP contribution in [0.4, 0.5) is 46.3 Å². The predicted octanol–water partition coefficient (Wildman–Crippen LogP) is 21.1. The van der Waals surface area contributed by atoms with Crippen LogP contribution in [0.1, 0.15) is 111 Å². The summed E-state index contributed by atoms with van der Waals surface area (Å²) in [5, 5.41) is 15.1. The summed E-state index contributed by atoms with van der Waals surface area (Å²) in [6.45, 7) is 39.2. The fourth-order valence-corrected chi connectivity index (χ4v) is 16.7. The molecule has 0 aliphatic carbocycles. The highest BCUT2D eigenvalue weighted by molar-refractivity contribution is 5.97. The van der Waals surface area contributed by atoms with Gasteiger partial charge in [0.2, 0.25) is 28.9 Å². The first-order valence-electron chi connectivity index (χ1n) is 46.1. The second kappa shape index (κ2) is 44.7. The van der Waals surface area contributed by atoms with Gasteiger partial charge in [0.15, 0.2) is 0 Å². The van der Waals surface area contributed by atoms with Crippen molar-refractivity contribution in [1.82, 2.24) is 98.0 Å². The van der Waals surface area contributed by atoms with Crippen molar-refractivity contribution in [3.8, 4) is 84.9 Å². The van der Waals surface area contributed by atoms with Crippen molar-refractivity contribution in [3.63, 3.8) is 0 Å². The summed E-state index contributed by atoms with van der Waals surface area (Å²) in [4.78, 5) is 139. The SMILES string of the molecule is C.Cc1cncc(-c2cccc3nc([C@H](C)Nc4nc(N)ncc4C)n(-c4ccccc4)c(=O)c23)c1.[C-]#[N+]c1cnc(C)nc1N[C@@H](C)c1nc2cccc(-c3cc(OC)ccn3)c2c(=O)n1-c1ccccc1.[C-]#[N+]c1cnc(C)nc1N[C@@H](C)c1nc2cccc(-c3cccc(OC)n3)c2c(=O)n1-c1ccccc1.[C-]#[N+]c1cnc(C)nc1N[C@@H](C)c1nc2cccc(-c3cncc(OC)c3)c2c(=O)n1-c1ccccc1. The molecule has 4 atom stereocenters. The summed E-state index contributed by atoms with van der Waals surface area (Å²) in [5.74, 6) is 7.22. The fraction of sp³-hybridized carbons (Fsp3) is 0.152. The number of pyridine rings is 4. The van der Waals surface area contributed by atoms with Crippen molar-refractivity contribution in [1.29, 1.82) is 0 Å². The minimum Gasteiger partial charge on any atom is -0.497 e. The van der Waals surface area contributed by atoms with E-state index in [1.54, 1.807) is 116 Å². The molecule has 0 saturated heterocycles. The van der Waals surface area contributed by atoms with Crippen LogP contribution in [0.15, 0.2) is 312 Å². The third kappa shape index (κ3) is 21.6. The van der Waals surface area contributed by atoms with Crippen LogP contribution in [0, 0.1) is 54.3 Å². The molecule has 0 spiro atoms. The number of nitrogen functional groups attached to an aromatic ring is 1. The summed E-state index contributed by atoms with van der Waals surface area (Å²) in [7, 11) is 4.72. The number of hydrogen-bond acceptors (Lipinski definition) is 28. The molecule has 0 radical (unpaired) electrons. The Bertz CT molecular complexity index is 8130. The number of methoxy groups -OCH3 is 3. The molecular weight excluding hydrogens is 1850 g/mol. The van der Waals surface area contributed by atoms with Crippen LogP contribution in [-0.2, 0) is 0 Å². The Hall–Kier alpha value is -19.9. The summed E-state index contributed by atoms with van der Waals surface area (Å²) in [6, 6.07) is 71.0. The number of anilines is 5. The number of ether oxygens (including phenoxy) is 3. The lowest BCUT2D eigenvalue weighted by molar-refractivity contribution is 0.398. The Labute approximate surface area is 844 Å². The van der Waals surface area contributed by atoms with E-state index in [2.05, 4.69) is 95.6 Å². The quantitative estimate of drug-likeness (QED) is 0.0371. The highest BCUT2D eigenvalue weighted by Gasteiger charge is 2.29. The van der Waals surface area contributed by atoms with Gasteiger partial charge in [0.1, 0.15) is 75.5 Å². The Morgan fingerprint density at radius 3 is 1.05 bits per heavy atom. The number of nitrogens with two attached hydrogens (primary N) is 1. The number of aryl methyl sites for hydroxylation is 5. The largest absolute Gasteiger partial charge is 0.497 e. The lowest BCUT2D eigenvalue weighted by Gasteiger charge is -2.21. The van der Waals surface area contributed by atoms with Crippen LogP contribution < -0.4 is 63.4 Å². The van der Waals surface area contributed by atoms with Gasteiger partial charge in [-0.25, -0.2) is 59.4 Å². The van der Waals surface area contributed by atoms with Gasteiger partial charge in [0, 0.05) is 89.5 Å². The second-order valence-corrected chi connectivity index (χ2v) is 33.6. The number of nitrogens with zero attached hydrogens (tertiary/aromatic N) is 23. The standard InChI is InChI=1S/3C28H23N7O2.C27H25N7O.CH4/c1-17(31-26-23(29-3)16-30-18(2)32-26)27-34-22-14-8-12-20(21-13-9-15-24(33-21)37-4)25(22)28(36)35(27)19-10-6-5-7-11-19;1-17(32-26-24(29-3)16-31-18(2)33-26)27-34-23-12-8-11-22(19-13-21(37-4)15-30-14-19)25(23)28(36)35(27)20-9-6-5-7-10-20;1-17(32-26-24(29-3)16-31-18(2)33-26)27-34-22-12-8-11-21(23-15-20(37-4)13-14-30-23)25(22)28(36)35(27)19-9-6-5-7-10-19;1-16-12-19(15-29-13-16)21-10-7-11-22-23(21)26(35)34(20-8-5-4-6-9-20)25(32-22)18(3)31-24-17(2)14-30-27(28)33-24;/h5-17H,1-2,4H3,(H,30,31,32);2*5-17H,1-2,4H3,(H,31,32,33);4-15,18H,1-3H3,(H3,28,30,31,33);1H4/t3*17-;18-;/m0000./s1. The van der Waals surface area contributed by atoms with Crippen molar-refractivity contribution in [2.24, 2.45) is 0 Å². The first-order valence-corrected chi connectivity index (χ1v) is 46.1. The molecule has 0 amide bonds. The van der Waals surface area contributed by atoms with Gasteiger partial charge < -0.3 is 41.2 Å². The number of nitrogens with one attached hydrogen (secondary N) is 4. The van der Waals surface area contributed by atoms with E-state index in [1.807, 2.05) is 260 Å². The fourth-order valence-electron chi connectivity index (χ4n) is 16.7. The van der Waals surface area contributed by atoms with E-state index in [-0.39, 0.29) is 41.7 Å². The van der Waals surface area contributed by atoms with E-state index in [9.17, 15) is 19.2 Å². The Kier molecular flexibility index (Phi) is 30.4. The minimum atomic E-state index is -0.467. The zero-order chi connectivity index (χ0) is 102. The molecule has 6 N–H and O–H groups in total. The molecule has 147 heavy (non-hydrogen) atoms. The first-order chi connectivity index (χ1) is 70.9. The van der Waals surface area contributed by atoms with Crippen LogP contribution in [-0.4, -0.2) is 119 Å². The zero-order valence-electron chi connectivity index (χ0n) is 81.2. The number of para-hydroxylation sites is 4. The number of benzene rings is 8. The molecule has 12 heterocycles. The summed E-state index contributed by atoms with van der Waals surface area (Å²) < 4.78 is 22.5. The molecule has 35 nitrogen and oxygen atoms in total. The second-order valence-electron chi connectivity index (χ2n) is 33.6. The average Bonchev–Trinajstić information content (AvgIpc) is 0.760. The Balaban J connectivity index is 0.000000140. The van der Waals surface area contributed by atoms with Crippen molar-refractivity contribution in [2.75, 3.05) is 48.3 Å². The average molecular weight is 1950 g/mol. The Morgan fingerprint density at radius 2 is 0.680 bits per heavy atom. The van der Waals surface area contributed by atoms with Gasteiger partial charge >= 0.3 is 0 Å². The molecule has 35 heteroatoms. The molecule has 0 fully saturated rings. The van der Waals surface area contributed by atoms with Gasteiger partial charge in [-0.1, -0.05) is 135 Å². The van der Waals surface area contributed by atoms with Crippen LogP contribution in [0.5, 0.6) is 17.4 Å². The molecule has 0 bridgehead atoms. The monoisotopic (exact) mass is 1950 g/mol. The highest BCUT2D eigenvalue weighted by atomic mass is 16.5. The maximum Gasteiger partial charge on any atom is 0.266 e. The lowest BCUT2D eigenvalue weighted by atomic mass is 10.0. The number of hydrogen-bond donors (Lipinski definition) is 5. The third-order valence-electron chi connectivity index (χ3n) is 23.6. The van der Waals surface area contributed by atoms with Crippen molar-refractivity contribution in [2.45, 2.75) is 93.9 Å². The van der Waals surface area contributed by atoms with E-state index in [0.29, 0.717) is 187 Å². The lowest BCUT2D eigenvalue weighted by Crippen LogP contribution is -2.28. The van der Waals surface area contributed by atoms with Gasteiger partial charge in [-0.15, -0.1) is 0 Å². The van der Waals surface area contributed by atoms with E-state index >= 15 is 0 Å². The normalized spacial score (nSPS) is 11.6. The molecule has 8 aromatic carbocycles. The topological polar surface area (TPSA) is 409 Å². The zero-order valence-corrected chi connectivity index (χ0v) is 81.2. The smallest absolute Gasteiger partial charge is 0.266 e. The molecule has 0 unspecified atom stereocenters. The van der Waals surface area contributed by atoms with Gasteiger partial charge in [-0.05, 0) is 176 Å². The van der Waals surface area contributed by atoms with E-state index < -0.39 is 18.1 Å². The molecule has 0 saturated carbocycles. The van der Waals surface area contributed by atoms with Gasteiger partial charge in [0.25, 0.3) is 22.2 Å². The molecule has 20 aromatic rings. The van der Waals surface area contributed by atoms with Crippen LogP contribution in [0.2, 0.25) is 0 Å². The maximum atomic E-state index is 14.2. The van der Waals surface area contributed by atoms with Crippen LogP contribution in [0.3, 0.4) is 0 Å². The maximum absolute atomic E-state index is 14.2. The third-order valence-corrected chi connectivity index (χ3v) is 23.6. The van der Waals surface area contributed by atoms with Crippen LogP contribution >= 0.6 is 0 Å². The molecule has 12 aromatic heterocycles. The molecule has 0 aliphatic heterocycles. The molecule has 0 aliphatic rings. The van der Waals surface area contributed by atoms with Crippen molar-refractivity contribution in [3.05, 3.63) is 420 Å². The number of rotatable bonds is 23. The van der Waals surface area contributed by atoms with Gasteiger partial charge in [-0.2, -0.15) is 4.98 Å². The highest BCUT2D eigenvalue weighted by Crippen LogP contribution is 2.38. The molecule has 20 rings (SSSR count). The minimum absolute atomic E-state index is 0. The first kappa shape index (κ1) is 100. The van der Waals surface area contributed by atoms with E-state index in [0.717, 1.165) is 33.5 Å². The number of fused-ring (bicyclic) bond motifs is 4. The molecular formula is C112H98N28O7. The molecule has 728 valence electrons. The summed E-state index contributed by atoms with van der Waals surface area (Å²) in [5.41, 5.74) is 18.3. The summed E-state index contributed by atoms with van der Waals surface area (Å²) in [6.07, 6.45) is 14.6. The predicted molar refractivity (Wildman–Crippen MR) is 572 cm³/mol.